The number of amides is 1. The number of nitrogens with zero attached hydrogens (tertiary/aromatic N) is 3. The van der Waals surface area contributed by atoms with Gasteiger partial charge in [0.15, 0.2) is 29.5 Å². The van der Waals surface area contributed by atoms with Crippen molar-refractivity contribution in [2.45, 2.75) is 13.1 Å². The number of fused-ring (bicyclic) bond motifs is 1. The Morgan fingerprint density at radius 1 is 1.00 bits per heavy atom. The third-order valence-electron chi connectivity index (χ3n) is 5.26. The summed E-state index contributed by atoms with van der Waals surface area (Å²) in [5.74, 6) is 1.13. The van der Waals surface area contributed by atoms with Crippen LogP contribution in [0, 0.1) is 6.92 Å². The Balaban J connectivity index is 1.54. The molecule has 2 aromatic carbocycles. The Hall–Kier alpha value is -4.48. The number of aromatic nitrogens is 3. The zero-order valence-electron chi connectivity index (χ0n) is 20.3. The van der Waals surface area contributed by atoms with Gasteiger partial charge in [0.2, 0.25) is 0 Å². The lowest BCUT2D eigenvalue weighted by Crippen LogP contribution is -2.21. The van der Waals surface area contributed by atoms with E-state index in [1.807, 2.05) is 0 Å². The second kappa shape index (κ2) is 10.2. The molecule has 0 saturated carbocycles. The molecule has 0 spiro atoms. The minimum atomic E-state index is -4.55. The highest BCUT2D eigenvalue weighted by Crippen LogP contribution is 2.37. The number of aryl methyl sites for hydroxylation is 2. The fourth-order valence-electron chi connectivity index (χ4n) is 3.58. The fourth-order valence-corrected chi connectivity index (χ4v) is 3.58. The van der Waals surface area contributed by atoms with Crippen LogP contribution in [0.2, 0.25) is 0 Å². The zero-order chi connectivity index (χ0) is 26.7. The first-order chi connectivity index (χ1) is 17.6. The minimum absolute atomic E-state index is 0.266. The van der Waals surface area contributed by atoms with Gasteiger partial charge >= 0.3 is 6.18 Å². The second-order valence-corrected chi connectivity index (χ2v) is 7.99. The maximum absolute atomic E-state index is 12.7. The highest BCUT2D eigenvalue weighted by atomic mass is 19.4. The maximum atomic E-state index is 12.7. The maximum Gasteiger partial charge on any atom is 0.422 e. The summed E-state index contributed by atoms with van der Waals surface area (Å²) in [7, 11) is 4.55. The Morgan fingerprint density at radius 2 is 1.73 bits per heavy atom. The lowest BCUT2D eigenvalue weighted by atomic mass is 10.1. The smallest absolute Gasteiger partial charge is 0.422 e. The van der Waals surface area contributed by atoms with Gasteiger partial charge in [0.25, 0.3) is 5.91 Å². The largest absolute Gasteiger partial charge is 0.493 e. The fraction of sp³-hybridized carbons (Fsp3) is 0.240. The normalized spacial score (nSPS) is 11.3. The van der Waals surface area contributed by atoms with Crippen LogP contribution in [0.4, 0.5) is 18.9 Å². The molecule has 1 N–H and O–H groups in total. The van der Waals surface area contributed by atoms with Crippen molar-refractivity contribution in [1.82, 2.24) is 14.8 Å². The predicted molar refractivity (Wildman–Crippen MR) is 129 cm³/mol. The number of ether oxygens (including phenoxy) is 4. The zero-order valence-corrected chi connectivity index (χ0v) is 20.3. The number of anilines is 1. The molecule has 0 aliphatic heterocycles. The van der Waals surface area contributed by atoms with Gasteiger partial charge in [-0.25, -0.2) is 0 Å². The average Bonchev–Trinajstić information content (AvgIpc) is 3.24. The number of hydrogen-bond donors (Lipinski definition) is 1. The quantitative estimate of drug-likeness (QED) is 0.340. The highest BCUT2D eigenvalue weighted by Gasteiger charge is 2.30. The summed E-state index contributed by atoms with van der Waals surface area (Å²) in [6.45, 7) is 0.253. The lowest BCUT2D eigenvalue weighted by Gasteiger charge is -2.14. The molecule has 194 valence electrons. The van der Waals surface area contributed by atoms with Crippen molar-refractivity contribution >= 4 is 22.5 Å². The SMILES string of the molecule is COc1cc2nccc(Oc3ccc(NC(=O)c4nn(C)cc4OCC(F)(F)F)cc3C)c2cc1OC. The van der Waals surface area contributed by atoms with Gasteiger partial charge in [-0.05, 0) is 42.8 Å². The summed E-state index contributed by atoms with van der Waals surface area (Å²) >= 11 is 0. The van der Waals surface area contributed by atoms with E-state index in [-0.39, 0.29) is 11.4 Å². The molecule has 2 aromatic heterocycles. The molecule has 0 aliphatic carbocycles. The molecule has 0 aliphatic rings. The van der Waals surface area contributed by atoms with Crippen molar-refractivity contribution in [1.29, 1.82) is 0 Å². The van der Waals surface area contributed by atoms with Gasteiger partial charge in [0.05, 0.1) is 25.9 Å². The number of alkyl halides is 3. The molecule has 37 heavy (non-hydrogen) atoms. The van der Waals surface area contributed by atoms with E-state index in [2.05, 4.69) is 15.4 Å². The summed E-state index contributed by atoms with van der Waals surface area (Å²) in [6, 6.07) is 10.2. The first-order valence-corrected chi connectivity index (χ1v) is 10.9. The predicted octanol–water partition coefficient (Wildman–Crippen LogP) is 5.28. The molecule has 4 rings (SSSR count). The van der Waals surface area contributed by atoms with Crippen LogP contribution < -0.4 is 24.3 Å². The van der Waals surface area contributed by atoms with Gasteiger partial charge in [-0.1, -0.05) is 0 Å². The van der Waals surface area contributed by atoms with Crippen LogP contribution >= 0.6 is 0 Å². The van der Waals surface area contributed by atoms with E-state index in [1.54, 1.807) is 49.5 Å². The number of rotatable bonds is 8. The van der Waals surface area contributed by atoms with Crippen molar-refractivity contribution in [2.24, 2.45) is 7.05 Å². The van der Waals surface area contributed by atoms with Crippen LogP contribution in [-0.4, -0.2) is 47.7 Å². The summed E-state index contributed by atoms with van der Waals surface area (Å²) < 4.78 is 60.4. The Kier molecular flexibility index (Phi) is 7.09. The lowest BCUT2D eigenvalue weighted by molar-refractivity contribution is -0.153. The molecule has 0 bridgehead atoms. The van der Waals surface area contributed by atoms with Crippen LogP contribution in [0.15, 0.2) is 48.8 Å². The first-order valence-electron chi connectivity index (χ1n) is 10.9. The molecule has 12 heteroatoms. The summed E-state index contributed by atoms with van der Waals surface area (Å²) in [6.07, 6.45) is -1.74. The summed E-state index contributed by atoms with van der Waals surface area (Å²) in [5, 5.41) is 7.25. The second-order valence-electron chi connectivity index (χ2n) is 7.99. The topological polar surface area (TPSA) is 96.7 Å². The molecule has 9 nitrogen and oxygen atoms in total. The average molecular weight is 516 g/mol. The van der Waals surface area contributed by atoms with E-state index >= 15 is 0 Å². The van der Waals surface area contributed by atoms with Gasteiger partial charge in [0.1, 0.15) is 11.5 Å². The van der Waals surface area contributed by atoms with E-state index in [9.17, 15) is 18.0 Å². The molecule has 0 saturated heterocycles. The van der Waals surface area contributed by atoms with Crippen molar-refractivity contribution in [3.05, 3.63) is 60.0 Å². The Morgan fingerprint density at radius 3 is 2.41 bits per heavy atom. The molecule has 0 radical (unpaired) electrons. The minimum Gasteiger partial charge on any atom is -0.493 e. The molecule has 4 aromatic rings. The molecule has 0 fully saturated rings. The van der Waals surface area contributed by atoms with Crippen molar-refractivity contribution in [2.75, 3.05) is 26.1 Å². The van der Waals surface area contributed by atoms with Crippen molar-refractivity contribution in [3.63, 3.8) is 0 Å². The third-order valence-corrected chi connectivity index (χ3v) is 5.26. The molecular weight excluding hydrogens is 493 g/mol. The van der Waals surface area contributed by atoms with Crippen molar-refractivity contribution < 1.29 is 36.9 Å². The first kappa shape index (κ1) is 25.6. The van der Waals surface area contributed by atoms with Gasteiger partial charge in [-0.15, -0.1) is 0 Å². The Bertz CT molecular complexity index is 1450. The van der Waals surface area contributed by atoms with Gasteiger partial charge in [-0.3, -0.25) is 14.5 Å². The highest BCUT2D eigenvalue weighted by molar-refractivity contribution is 6.04. The number of halogens is 3. The number of benzene rings is 2. The molecule has 1 amide bonds. The molecular formula is C25H23F3N4O5. The van der Waals surface area contributed by atoms with E-state index < -0.39 is 18.7 Å². The van der Waals surface area contributed by atoms with Gasteiger partial charge < -0.3 is 24.3 Å². The van der Waals surface area contributed by atoms with Crippen LogP contribution in [-0.2, 0) is 7.05 Å². The molecule has 0 atom stereocenters. The number of carbonyl (C=O) groups is 1. The number of carbonyl (C=O) groups excluding carboxylic acids is 1. The van der Waals surface area contributed by atoms with Crippen LogP contribution in [0.1, 0.15) is 16.1 Å². The monoisotopic (exact) mass is 516 g/mol. The summed E-state index contributed by atoms with van der Waals surface area (Å²) in [4.78, 5) is 17.1. The van der Waals surface area contributed by atoms with Crippen LogP contribution in [0.5, 0.6) is 28.7 Å². The number of pyridine rings is 1. The van der Waals surface area contributed by atoms with Crippen LogP contribution in [0.25, 0.3) is 10.9 Å². The van der Waals surface area contributed by atoms with Crippen molar-refractivity contribution in [3.8, 4) is 28.7 Å². The number of nitrogens with one attached hydrogen (secondary N) is 1. The van der Waals surface area contributed by atoms with Gasteiger partial charge in [0, 0.05) is 30.4 Å². The van der Waals surface area contributed by atoms with E-state index in [4.69, 9.17) is 18.9 Å². The van der Waals surface area contributed by atoms with E-state index in [0.29, 0.717) is 45.2 Å². The van der Waals surface area contributed by atoms with E-state index in [0.717, 1.165) is 0 Å². The molecule has 2 heterocycles. The standard InChI is InChI=1S/C25H23F3N4O5/c1-14-9-15(30-24(33)23-22(12-32(2)31-23)36-13-25(26,27)28)5-6-18(14)37-19-7-8-29-17-11-21(35-4)20(34-3)10-16(17)19/h5-12H,13H2,1-4H3,(H,30,33). The van der Waals surface area contributed by atoms with E-state index in [1.165, 1.54) is 32.1 Å². The number of hydrogen-bond acceptors (Lipinski definition) is 7. The third kappa shape index (κ3) is 5.85. The Labute approximate surface area is 209 Å². The summed E-state index contributed by atoms with van der Waals surface area (Å²) in [5.41, 5.74) is 1.47. The molecule has 0 unspecified atom stereocenters. The van der Waals surface area contributed by atoms with Crippen LogP contribution in [0.3, 0.4) is 0 Å². The number of methoxy groups -OCH3 is 2. The van der Waals surface area contributed by atoms with Gasteiger partial charge in [-0.2, -0.15) is 18.3 Å².